The molecule has 0 aliphatic rings. The molecule has 30 heavy (non-hydrogen) atoms. The van der Waals surface area contributed by atoms with Crippen molar-refractivity contribution in [1.29, 1.82) is 0 Å². The number of carbonyl (C=O) groups excluding carboxylic acids is 2. The summed E-state index contributed by atoms with van der Waals surface area (Å²) < 4.78 is 1.82. The molecule has 9 nitrogen and oxygen atoms in total. The van der Waals surface area contributed by atoms with Crippen LogP contribution in [0.5, 0.6) is 0 Å². The molecule has 3 aromatic rings. The van der Waals surface area contributed by atoms with Crippen LogP contribution in [0.3, 0.4) is 0 Å². The molecule has 0 spiro atoms. The van der Waals surface area contributed by atoms with E-state index in [1.807, 2.05) is 34.9 Å². The summed E-state index contributed by atoms with van der Waals surface area (Å²) in [6.07, 6.45) is 1.70. The predicted octanol–water partition coefficient (Wildman–Crippen LogP) is 3.09. The normalized spacial score (nSPS) is 10.4. The second-order valence-corrected chi connectivity index (χ2v) is 6.99. The van der Waals surface area contributed by atoms with Crippen molar-refractivity contribution in [2.75, 3.05) is 5.75 Å². The number of hydrogen-bond donors (Lipinski definition) is 1. The highest BCUT2D eigenvalue weighted by atomic mass is 32.2. The highest BCUT2D eigenvalue weighted by Gasteiger charge is 2.17. The molecular weight excluding hydrogens is 406 g/mol. The summed E-state index contributed by atoms with van der Waals surface area (Å²) in [6.45, 7) is 4.19. The number of carbonyl (C=O) groups is 2. The maximum absolute atomic E-state index is 12.2. The highest BCUT2D eigenvalue weighted by molar-refractivity contribution is 7.99. The van der Waals surface area contributed by atoms with E-state index in [4.69, 9.17) is 0 Å². The Bertz CT molecular complexity index is 1100. The minimum Gasteiger partial charge on any atom is -0.298 e. The number of nitro benzene ring substituents is 1. The second-order valence-electron chi connectivity index (χ2n) is 6.04. The molecule has 1 N–H and O–H groups in total. The van der Waals surface area contributed by atoms with Gasteiger partial charge in [0, 0.05) is 29.8 Å². The maximum Gasteiger partial charge on any atom is 0.270 e. The molecule has 0 fully saturated rings. The first kappa shape index (κ1) is 20.9. The van der Waals surface area contributed by atoms with Gasteiger partial charge in [0.2, 0.25) is 5.91 Å². The van der Waals surface area contributed by atoms with Gasteiger partial charge in [0.05, 0.1) is 10.7 Å². The number of amides is 2. The number of nitro groups is 1. The predicted molar refractivity (Wildman–Crippen MR) is 112 cm³/mol. The number of hydrogen-bond acceptors (Lipinski definition) is 7. The van der Waals surface area contributed by atoms with Crippen molar-refractivity contribution < 1.29 is 14.5 Å². The van der Waals surface area contributed by atoms with Gasteiger partial charge >= 0.3 is 0 Å². The molecule has 2 aromatic carbocycles. The smallest absolute Gasteiger partial charge is 0.270 e. The van der Waals surface area contributed by atoms with Crippen LogP contribution in [0.2, 0.25) is 0 Å². The Hall–Kier alpha value is -3.79. The molecular formula is C20H17N5O4S. The van der Waals surface area contributed by atoms with Gasteiger partial charge in [-0.25, -0.2) is 0 Å². The zero-order valence-electron chi connectivity index (χ0n) is 15.7. The quantitative estimate of drug-likeness (QED) is 0.256. The van der Waals surface area contributed by atoms with E-state index < -0.39 is 16.7 Å². The fourth-order valence-corrected chi connectivity index (χ4v) is 3.36. The zero-order valence-corrected chi connectivity index (χ0v) is 16.5. The number of thioether (sulfide) groups is 1. The van der Waals surface area contributed by atoms with Gasteiger partial charge < -0.3 is 0 Å². The zero-order chi connectivity index (χ0) is 21.5. The van der Waals surface area contributed by atoms with Crippen molar-refractivity contribution in [3.8, 4) is 11.4 Å². The lowest BCUT2D eigenvalue weighted by atomic mass is 10.2. The molecule has 1 aromatic heterocycles. The molecule has 0 radical (unpaired) electrons. The van der Waals surface area contributed by atoms with Crippen LogP contribution in [-0.4, -0.2) is 37.3 Å². The average Bonchev–Trinajstić information content (AvgIpc) is 3.16. The molecule has 0 saturated carbocycles. The number of rotatable bonds is 8. The fourth-order valence-electron chi connectivity index (χ4n) is 2.62. The summed E-state index contributed by atoms with van der Waals surface area (Å²) in [4.78, 5) is 34.6. The third-order valence-electron chi connectivity index (χ3n) is 3.96. The Labute approximate surface area is 176 Å². The van der Waals surface area contributed by atoms with Crippen molar-refractivity contribution in [3.63, 3.8) is 0 Å². The Kier molecular flexibility index (Phi) is 6.71. The van der Waals surface area contributed by atoms with Gasteiger partial charge in [0.15, 0.2) is 11.0 Å². The second kappa shape index (κ2) is 9.61. The summed E-state index contributed by atoms with van der Waals surface area (Å²) in [7, 11) is 0. The molecule has 0 atom stereocenters. The molecule has 3 rings (SSSR count). The summed E-state index contributed by atoms with van der Waals surface area (Å²) in [5.74, 6) is -0.691. The molecule has 10 heteroatoms. The third kappa shape index (κ3) is 4.97. The first-order valence-electron chi connectivity index (χ1n) is 8.80. The Balaban J connectivity index is 1.67. The summed E-state index contributed by atoms with van der Waals surface area (Å²) >= 11 is 1.12. The van der Waals surface area contributed by atoms with Gasteiger partial charge in [-0.3, -0.25) is 29.6 Å². The van der Waals surface area contributed by atoms with E-state index in [1.54, 1.807) is 6.08 Å². The number of aromatic nitrogens is 3. The van der Waals surface area contributed by atoms with Crippen molar-refractivity contribution in [3.05, 3.63) is 82.9 Å². The Morgan fingerprint density at radius 1 is 1.17 bits per heavy atom. The van der Waals surface area contributed by atoms with E-state index in [0.29, 0.717) is 17.5 Å². The van der Waals surface area contributed by atoms with Crippen LogP contribution < -0.4 is 5.32 Å². The van der Waals surface area contributed by atoms with Crippen LogP contribution in [0.25, 0.3) is 11.4 Å². The summed E-state index contributed by atoms with van der Waals surface area (Å²) in [5.41, 5.74) is 0.684. The van der Waals surface area contributed by atoms with Crippen LogP contribution in [-0.2, 0) is 11.3 Å². The van der Waals surface area contributed by atoms with Crippen LogP contribution in [0.4, 0.5) is 5.69 Å². The van der Waals surface area contributed by atoms with Gasteiger partial charge in [-0.05, 0) is 6.07 Å². The molecule has 152 valence electrons. The van der Waals surface area contributed by atoms with Crippen LogP contribution in [0.1, 0.15) is 10.4 Å². The maximum atomic E-state index is 12.2. The molecule has 0 aliphatic carbocycles. The topological polar surface area (TPSA) is 120 Å². The minimum absolute atomic E-state index is 0.0312. The first-order chi connectivity index (χ1) is 14.5. The Morgan fingerprint density at radius 2 is 1.93 bits per heavy atom. The average molecular weight is 423 g/mol. The summed E-state index contributed by atoms with van der Waals surface area (Å²) in [6, 6.07) is 14.7. The minimum atomic E-state index is -0.707. The first-order valence-corrected chi connectivity index (χ1v) is 9.79. The lowest BCUT2D eigenvalue weighted by molar-refractivity contribution is -0.384. The number of nitrogens with zero attached hydrogens (tertiary/aromatic N) is 4. The van der Waals surface area contributed by atoms with E-state index >= 15 is 0 Å². The molecule has 1 heterocycles. The molecule has 0 saturated heterocycles. The van der Waals surface area contributed by atoms with E-state index in [1.165, 1.54) is 18.2 Å². The molecule has 0 unspecified atom stereocenters. The fraction of sp³-hybridized carbons (Fsp3) is 0.100. The lowest BCUT2D eigenvalue weighted by Gasteiger charge is -2.08. The van der Waals surface area contributed by atoms with Crippen molar-refractivity contribution in [2.45, 2.75) is 11.7 Å². The van der Waals surface area contributed by atoms with Crippen molar-refractivity contribution in [2.24, 2.45) is 0 Å². The largest absolute Gasteiger partial charge is 0.298 e. The van der Waals surface area contributed by atoms with Gasteiger partial charge in [0.1, 0.15) is 0 Å². The highest BCUT2D eigenvalue weighted by Crippen LogP contribution is 2.24. The van der Waals surface area contributed by atoms with Crippen molar-refractivity contribution in [1.82, 2.24) is 20.1 Å². The number of non-ortho nitro benzene ring substituents is 1. The number of benzene rings is 2. The third-order valence-corrected chi connectivity index (χ3v) is 4.93. The van der Waals surface area contributed by atoms with E-state index in [-0.39, 0.29) is 17.0 Å². The van der Waals surface area contributed by atoms with Crippen LogP contribution in [0.15, 0.2) is 72.4 Å². The van der Waals surface area contributed by atoms with E-state index in [2.05, 4.69) is 22.1 Å². The van der Waals surface area contributed by atoms with Gasteiger partial charge in [-0.15, -0.1) is 16.8 Å². The lowest BCUT2D eigenvalue weighted by Crippen LogP contribution is -2.31. The van der Waals surface area contributed by atoms with Gasteiger partial charge in [-0.1, -0.05) is 54.2 Å². The molecule has 2 amide bonds. The monoisotopic (exact) mass is 423 g/mol. The Morgan fingerprint density at radius 3 is 2.63 bits per heavy atom. The standard InChI is InChI=1S/C20H17N5O4S/c1-2-11-24-18(14-7-4-3-5-8-14)22-23-20(24)30-13-17(26)21-19(27)15-9-6-10-16(12-15)25(28)29/h2-10,12H,1,11,13H2,(H,21,26,27). The van der Waals surface area contributed by atoms with Crippen LogP contribution >= 0.6 is 11.8 Å². The SMILES string of the molecule is C=CCn1c(SCC(=O)NC(=O)c2cccc([N+](=O)[O-])c2)nnc1-c1ccccc1. The molecule has 0 bridgehead atoms. The summed E-state index contributed by atoms with van der Waals surface area (Å²) in [5, 5.41) is 21.9. The van der Waals surface area contributed by atoms with Gasteiger partial charge in [0.25, 0.3) is 11.6 Å². The van der Waals surface area contributed by atoms with Crippen LogP contribution in [0, 0.1) is 10.1 Å². The van der Waals surface area contributed by atoms with Gasteiger partial charge in [-0.2, -0.15) is 0 Å². The van der Waals surface area contributed by atoms with E-state index in [0.717, 1.165) is 23.4 Å². The molecule has 0 aliphatic heterocycles. The van der Waals surface area contributed by atoms with Crippen molar-refractivity contribution >= 4 is 29.3 Å². The number of nitrogens with one attached hydrogen (secondary N) is 1. The number of imide groups is 1. The number of allylic oxidation sites excluding steroid dienone is 1. The van der Waals surface area contributed by atoms with E-state index in [9.17, 15) is 19.7 Å².